The van der Waals surface area contributed by atoms with E-state index in [2.05, 4.69) is 15.8 Å². The van der Waals surface area contributed by atoms with Crippen LogP contribution in [0.15, 0.2) is 40.9 Å². The number of benzene rings is 2. The molecule has 1 aromatic heterocycles. The van der Waals surface area contributed by atoms with Gasteiger partial charge in [-0.15, -0.1) is 0 Å². The van der Waals surface area contributed by atoms with Crippen molar-refractivity contribution < 1.29 is 18.4 Å². The summed E-state index contributed by atoms with van der Waals surface area (Å²) in [6, 6.07) is 9.39. The van der Waals surface area contributed by atoms with E-state index in [9.17, 15) is 9.18 Å². The fraction of sp³-hybridized carbons (Fsp3) is 0.300. The van der Waals surface area contributed by atoms with E-state index in [1.54, 1.807) is 19.2 Å². The van der Waals surface area contributed by atoms with E-state index in [4.69, 9.17) is 9.26 Å². The van der Waals surface area contributed by atoms with Crippen molar-refractivity contribution in [1.82, 2.24) is 10.5 Å². The third-order valence-corrected chi connectivity index (χ3v) is 4.88. The zero-order chi connectivity index (χ0) is 18.8. The van der Waals surface area contributed by atoms with Crippen LogP contribution in [0, 0.1) is 11.7 Å². The predicted octanol–water partition coefficient (Wildman–Crippen LogP) is 3.38. The summed E-state index contributed by atoms with van der Waals surface area (Å²) in [4.78, 5) is 12.7. The molecule has 140 valence electrons. The highest BCUT2D eigenvalue weighted by Crippen LogP contribution is 2.27. The van der Waals surface area contributed by atoms with Crippen molar-refractivity contribution in [2.75, 3.05) is 25.5 Å². The standard InChI is InChI=1S/C20H20FN3O3/c1-26-17-4-2-13(9-14(17)8-12-6-7-22-11-12)20(25)23-19-16-10-15(21)3-5-18(16)27-24-19/h2-5,9-10,12,22H,6-8,11H2,1H3,(H,23,24,25). The maximum absolute atomic E-state index is 13.5. The van der Waals surface area contributed by atoms with Crippen LogP contribution in [0.1, 0.15) is 22.3 Å². The first-order chi connectivity index (χ1) is 13.1. The minimum Gasteiger partial charge on any atom is -0.496 e. The van der Waals surface area contributed by atoms with Gasteiger partial charge in [-0.1, -0.05) is 5.16 Å². The maximum atomic E-state index is 13.5. The van der Waals surface area contributed by atoms with Gasteiger partial charge in [0.05, 0.1) is 12.5 Å². The average molecular weight is 369 g/mol. The number of fused-ring (bicyclic) bond motifs is 1. The highest BCUT2D eigenvalue weighted by atomic mass is 19.1. The zero-order valence-electron chi connectivity index (χ0n) is 14.9. The van der Waals surface area contributed by atoms with Gasteiger partial charge in [-0.05, 0) is 73.8 Å². The number of carbonyl (C=O) groups excluding carboxylic acids is 1. The second-order valence-electron chi connectivity index (χ2n) is 6.72. The van der Waals surface area contributed by atoms with Crippen LogP contribution in [0.4, 0.5) is 10.2 Å². The van der Waals surface area contributed by atoms with Crippen LogP contribution in [0.25, 0.3) is 11.0 Å². The molecule has 3 aromatic rings. The Bertz CT molecular complexity index is 980. The number of methoxy groups -OCH3 is 1. The number of nitrogens with zero attached hydrogens (tertiary/aromatic N) is 1. The molecule has 0 radical (unpaired) electrons. The molecular formula is C20H20FN3O3. The fourth-order valence-electron chi connectivity index (χ4n) is 3.46. The number of amides is 1. The van der Waals surface area contributed by atoms with Crippen LogP contribution in [0.2, 0.25) is 0 Å². The van der Waals surface area contributed by atoms with Crippen molar-refractivity contribution in [3.05, 3.63) is 53.3 Å². The van der Waals surface area contributed by atoms with Crippen LogP contribution < -0.4 is 15.4 Å². The molecule has 1 amide bonds. The molecule has 27 heavy (non-hydrogen) atoms. The van der Waals surface area contributed by atoms with Gasteiger partial charge in [-0.2, -0.15) is 0 Å². The molecule has 4 rings (SSSR count). The van der Waals surface area contributed by atoms with Crippen LogP contribution in [0.5, 0.6) is 5.75 Å². The van der Waals surface area contributed by atoms with E-state index < -0.39 is 5.82 Å². The maximum Gasteiger partial charge on any atom is 0.256 e. The first kappa shape index (κ1) is 17.5. The van der Waals surface area contributed by atoms with Crippen LogP contribution in [-0.2, 0) is 6.42 Å². The normalized spacial score (nSPS) is 16.6. The second-order valence-corrected chi connectivity index (χ2v) is 6.72. The lowest BCUT2D eigenvalue weighted by Crippen LogP contribution is -2.14. The summed E-state index contributed by atoms with van der Waals surface area (Å²) in [5.41, 5.74) is 1.90. The number of halogens is 1. The SMILES string of the molecule is COc1ccc(C(=O)Nc2noc3ccc(F)cc23)cc1CC1CCNC1. The summed E-state index contributed by atoms with van der Waals surface area (Å²) in [5, 5.41) is 10.3. The first-order valence-corrected chi connectivity index (χ1v) is 8.88. The molecular weight excluding hydrogens is 349 g/mol. The lowest BCUT2D eigenvalue weighted by atomic mass is 9.96. The number of nitrogens with one attached hydrogen (secondary N) is 2. The smallest absolute Gasteiger partial charge is 0.256 e. The molecule has 1 fully saturated rings. The topological polar surface area (TPSA) is 76.4 Å². The lowest BCUT2D eigenvalue weighted by molar-refractivity contribution is 0.102. The summed E-state index contributed by atoms with van der Waals surface area (Å²) in [6.45, 7) is 1.99. The van der Waals surface area contributed by atoms with Gasteiger partial charge in [-0.3, -0.25) is 4.79 Å². The number of hydrogen-bond acceptors (Lipinski definition) is 5. The number of ether oxygens (including phenoxy) is 1. The minimum absolute atomic E-state index is 0.201. The first-order valence-electron chi connectivity index (χ1n) is 8.88. The molecule has 1 saturated heterocycles. The van der Waals surface area contributed by atoms with Gasteiger partial charge < -0.3 is 19.9 Å². The van der Waals surface area contributed by atoms with Crippen molar-refractivity contribution in [3.8, 4) is 5.75 Å². The fourth-order valence-corrected chi connectivity index (χ4v) is 3.46. The van der Waals surface area contributed by atoms with Gasteiger partial charge in [-0.25, -0.2) is 4.39 Å². The Balaban J connectivity index is 1.58. The third-order valence-electron chi connectivity index (χ3n) is 4.88. The number of hydrogen-bond donors (Lipinski definition) is 2. The summed E-state index contributed by atoms with van der Waals surface area (Å²) in [5.74, 6) is 0.750. The largest absolute Gasteiger partial charge is 0.496 e. The van der Waals surface area contributed by atoms with Gasteiger partial charge in [0.2, 0.25) is 0 Å². The molecule has 2 N–H and O–H groups in total. The van der Waals surface area contributed by atoms with E-state index in [0.29, 0.717) is 22.5 Å². The molecule has 1 aliphatic heterocycles. The molecule has 6 nitrogen and oxygen atoms in total. The predicted molar refractivity (Wildman–Crippen MR) is 99.6 cm³/mol. The van der Waals surface area contributed by atoms with Crippen molar-refractivity contribution in [2.24, 2.45) is 5.92 Å². The minimum atomic E-state index is -0.418. The van der Waals surface area contributed by atoms with E-state index in [1.165, 1.54) is 18.2 Å². The number of aromatic nitrogens is 1. The molecule has 1 atom stereocenters. The molecule has 0 spiro atoms. The lowest BCUT2D eigenvalue weighted by Gasteiger charge is -2.14. The van der Waals surface area contributed by atoms with Gasteiger partial charge in [0.25, 0.3) is 5.91 Å². The summed E-state index contributed by atoms with van der Waals surface area (Å²) >= 11 is 0. The molecule has 1 unspecified atom stereocenters. The van der Waals surface area contributed by atoms with E-state index in [0.717, 1.165) is 37.2 Å². The molecule has 0 bridgehead atoms. The van der Waals surface area contributed by atoms with Crippen molar-refractivity contribution in [3.63, 3.8) is 0 Å². The highest BCUT2D eigenvalue weighted by molar-refractivity contribution is 6.07. The van der Waals surface area contributed by atoms with Crippen LogP contribution in [0.3, 0.4) is 0 Å². The molecule has 1 aliphatic rings. The number of anilines is 1. The van der Waals surface area contributed by atoms with Crippen molar-refractivity contribution >= 4 is 22.7 Å². The average Bonchev–Trinajstić information content (AvgIpc) is 3.32. The van der Waals surface area contributed by atoms with Crippen LogP contribution >= 0.6 is 0 Å². The second kappa shape index (κ2) is 7.36. The van der Waals surface area contributed by atoms with Gasteiger partial charge in [0.1, 0.15) is 11.6 Å². The Hall–Kier alpha value is -2.93. The van der Waals surface area contributed by atoms with Gasteiger partial charge in [0, 0.05) is 5.56 Å². The summed E-state index contributed by atoms with van der Waals surface area (Å²) < 4.78 is 24.1. The van der Waals surface area contributed by atoms with Gasteiger partial charge >= 0.3 is 0 Å². The Kier molecular flexibility index (Phi) is 4.77. The Morgan fingerprint density at radius 1 is 1.37 bits per heavy atom. The molecule has 7 heteroatoms. The molecule has 0 saturated carbocycles. The van der Waals surface area contributed by atoms with Crippen molar-refractivity contribution in [1.29, 1.82) is 0 Å². The zero-order valence-corrected chi connectivity index (χ0v) is 14.9. The molecule has 2 aromatic carbocycles. The Labute approximate surface area is 155 Å². The molecule has 0 aliphatic carbocycles. The van der Waals surface area contributed by atoms with E-state index in [-0.39, 0.29) is 11.7 Å². The summed E-state index contributed by atoms with van der Waals surface area (Å²) in [7, 11) is 1.63. The Morgan fingerprint density at radius 3 is 3.04 bits per heavy atom. The van der Waals surface area contributed by atoms with Crippen LogP contribution in [-0.4, -0.2) is 31.3 Å². The number of rotatable bonds is 5. The van der Waals surface area contributed by atoms with E-state index >= 15 is 0 Å². The monoisotopic (exact) mass is 369 g/mol. The Morgan fingerprint density at radius 2 is 2.26 bits per heavy atom. The number of carbonyl (C=O) groups is 1. The van der Waals surface area contributed by atoms with Gasteiger partial charge in [0.15, 0.2) is 11.4 Å². The van der Waals surface area contributed by atoms with E-state index in [1.807, 2.05) is 6.07 Å². The van der Waals surface area contributed by atoms with Crippen molar-refractivity contribution in [2.45, 2.75) is 12.8 Å². The highest BCUT2D eigenvalue weighted by Gasteiger charge is 2.19. The molecule has 2 heterocycles. The summed E-state index contributed by atoms with van der Waals surface area (Å²) in [6.07, 6.45) is 1.95. The quantitative estimate of drug-likeness (QED) is 0.721. The third kappa shape index (κ3) is 3.64.